The normalized spacial score (nSPS) is 22.9. The highest BCUT2D eigenvalue weighted by molar-refractivity contribution is 6.31. The fourth-order valence-corrected chi connectivity index (χ4v) is 5.13. The van der Waals surface area contributed by atoms with Crippen molar-refractivity contribution in [2.24, 2.45) is 10.9 Å². The Bertz CT molecular complexity index is 1330. The monoisotopic (exact) mass is 494 g/mol. The molecule has 1 amide bonds. The van der Waals surface area contributed by atoms with Crippen LogP contribution in [0.1, 0.15) is 48.2 Å². The molecule has 0 radical (unpaired) electrons. The number of aliphatic imine (C=N–C) groups is 1. The van der Waals surface area contributed by atoms with Crippen molar-refractivity contribution in [3.8, 4) is 0 Å². The van der Waals surface area contributed by atoms with Crippen LogP contribution in [0.25, 0.3) is 10.9 Å². The molecule has 2 aliphatic rings. The maximum Gasteiger partial charge on any atom is 0.302 e. The van der Waals surface area contributed by atoms with Crippen molar-refractivity contribution in [2.75, 3.05) is 18.0 Å². The van der Waals surface area contributed by atoms with Gasteiger partial charge in [0, 0.05) is 36.0 Å². The molecule has 11 heteroatoms. The number of ketones is 1. The average Bonchev–Trinajstić information content (AvgIpc) is 3.44. The van der Waals surface area contributed by atoms with E-state index in [1.165, 1.54) is 10.9 Å². The predicted molar refractivity (Wildman–Crippen MR) is 135 cm³/mol. The number of nitrogens with zero attached hydrogens (tertiary/aromatic N) is 3. The summed E-state index contributed by atoms with van der Waals surface area (Å²) in [6.07, 6.45) is 6.51. The minimum atomic E-state index is -0.662. The minimum Gasteiger partial charge on any atom is -0.382 e. The van der Waals surface area contributed by atoms with Gasteiger partial charge in [-0.3, -0.25) is 9.59 Å². The molecule has 35 heavy (non-hydrogen) atoms. The standard InChI is InChI=1S/C24H27ClN8O2/c25-19-21(27)31-20(26)18(30-19)22(35)32-23-29-12-24(33-23)9-7-13(8-10-24)17(34)6-5-14-11-28-16-4-2-1-3-15(14)16/h1-4,11,13,28H,5-10,12H2,(H4,26,27,31)(H2,29,32,33,35). The zero-order valence-corrected chi connectivity index (χ0v) is 19.9. The summed E-state index contributed by atoms with van der Waals surface area (Å²) in [5.41, 5.74) is 13.2. The van der Waals surface area contributed by atoms with Crippen molar-refractivity contribution in [2.45, 2.75) is 44.1 Å². The Morgan fingerprint density at radius 1 is 1.14 bits per heavy atom. The molecule has 5 rings (SSSR count). The number of halogens is 1. The smallest absolute Gasteiger partial charge is 0.302 e. The number of hydrogen-bond donors (Lipinski definition) is 5. The summed E-state index contributed by atoms with van der Waals surface area (Å²) in [4.78, 5) is 40.5. The number of aryl methyl sites for hydroxylation is 1. The summed E-state index contributed by atoms with van der Waals surface area (Å²) < 4.78 is 0. The summed E-state index contributed by atoms with van der Waals surface area (Å²) >= 11 is 5.86. The van der Waals surface area contributed by atoms with Crippen molar-refractivity contribution in [1.29, 1.82) is 0 Å². The molecular weight excluding hydrogens is 468 g/mol. The van der Waals surface area contributed by atoms with Gasteiger partial charge in [-0.15, -0.1) is 0 Å². The van der Waals surface area contributed by atoms with Gasteiger partial charge in [0.2, 0.25) is 0 Å². The van der Waals surface area contributed by atoms with Gasteiger partial charge in [-0.05, 0) is 43.7 Å². The molecule has 1 saturated carbocycles. The second-order valence-electron chi connectivity index (χ2n) is 9.26. The van der Waals surface area contributed by atoms with Crippen LogP contribution in [0.3, 0.4) is 0 Å². The van der Waals surface area contributed by atoms with Gasteiger partial charge in [-0.2, -0.15) is 4.99 Å². The van der Waals surface area contributed by atoms with Gasteiger partial charge in [0.25, 0.3) is 0 Å². The summed E-state index contributed by atoms with van der Waals surface area (Å²) in [7, 11) is 0. The number of amides is 1. The first-order valence-electron chi connectivity index (χ1n) is 11.6. The fraction of sp³-hybridized carbons (Fsp3) is 0.375. The number of carbonyl (C=O) groups is 2. The lowest BCUT2D eigenvalue weighted by atomic mass is 9.75. The number of aromatic amines is 1. The molecule has 2 aromatic heterocycles. The maximum absolute atomic E-state index is 12.9. The zero-order valence-electron chi connectivity index (χ0n) is 19.1. The van der Waals surface area contributed by atoms with Gasteiger partial charge >= 0.3 is 5.91 Å². The lowest BCUT2D eigenvalue weighted by Crippen LogP contribution is -2.47. The highest BCUT2D eigenvalue weighted by Crippen LogP contribution is 2.35. The zero-order chi connectivity index (χ0) is 24.6. The molecule has 0 bridgehead atoms. The van der Waals surface area contributed by atoms with Crippen LogP contribution in [0.4, 0.5) is 11.6 Å². The van der Waals surface area contributed by atoms with Crippen LogP contribution in [0.5, 0.6) is 0 Å². The van der Waals surface area contributed by atoms with Gasteiger partial charge in [-0.1, -0.05) is 29.8 Å². The number of hydrogen-bond acceptors (Lipinski definition) is 6. The van der Waals surface area contributed by atoms with Crippen LogP contribution in [0, 0.1) is 5.92 Å². The van der Waals surface area contributed by atoms with Crippen LogP contribution in [-0.4, -0.2) is 44.7 Å². The number of anilines is 2. The van der Waals surface area contributed by atoms with Crippen molar-refractivity contribution in [3.05, 3.63) is 46.9 Å². The number of fused-ring (bicyclic) bond motifs is 1. The molecule has 1 spiro atoms. The van der Waals surface area contributed by atoms with Crippen molar-refractivity contribution in [3.63, 3.8) is 0 Å². The molecule has 3 heterocycles. The Hall–Kier alpha value is -3.66. The Balaban J connectivity index is 1.16. The molecule has 0 atom stereocenters. The molecule has 182 valence electrons. The number of para-hydroxylation sites is 1. The molecule has 7 N–H and O–H groups in total. The molecule has 1 saturated heterocycles. The van der Waals surface area contributed by atoms with Gasteiger partial charge in [-0.25, -0.2) is 9.97 Å². The van der Waals surface area contributed by atoms with Gasteiger partial charge < -0.3 is 27.1 Å². The van der Waals surface area contributed by atoms with E-state index in [4.69, 9.17) is 23.1 Å². The summed E-state index contributed by atoms with van der Waals surface area (Å²) in [5.74, 6) is -0.104. The largest absolute Gasteiger partial charge is 0.382 e. The first-order valence-corrected chi connectivity index (χ1v) is 12.0. The molecule has 2 fully saturated rings. The molecule has 1 aromatic carbocycles. The number of Topliss-reactive ketones (excluding diaryl/α,β-unsaturated/α-hetero) is 1. The van der Waals surface area contributed by atoms with Crippen LogP contribution < -0.4 is 22.1 Å². The van der Waals surface area contributed by atoms with Crippen LogP contribution in [-0.2, 0) is 11.2 Å². The number of carbonyl (C=O) groups excluding carboxylic acids is 2. The van der Waals surface area contributed by atoms with E-state index in [1.807, 2.05) is 24.4 Å². The average molecular weight is 495 g/mol. The van der Waals surface area contributed by atoms with Crippen LogP contribution in [0.2, 0.25) is 5.15 Å². The molecule has 10 nitrogen and oxygen atoms in total. The summed E-state index contributed by atoms with van der Waals surface area (Å²) in [5, 5.41) is 7.58. The van der Waals surface area contributed by atoms with E-state index in [0.29, 0.717) is 24.7 Å². The van der Waals surface area contributed by atoms with Crippen LogP contribution in [0.15, 0.2) is 35.5 Å². The first kappa shape index (κ1) is 23.1. The van der Waals surface area contributed by atoms with E-state index >= 15 is 0 Å². The second kappa shape index (κ2) is 9.18. The highest BCUT2D eigenvalue weighted by atomic mass is 35.5. The van der Waals surface area contributed by atoms with Crippen LogP contribution >= 0.6 is 11.6 Å². The van der Waals surface area contributed by atoms with E-state index in [0.717, 1.165) is 37.6 Å². The Kier molecular flexibility index (Phi) is 6.06. The van der Waals surface area contributed by atoms with Gasteiger partial charge in [0.15, 0.2) is 28.4 Å². The summed E-state index contributed by atoms with van der Waals surface area (Å²) in [6.45, 7) is 0.624. The number of benzene rings is 1. The topological polar surface area (TPSA) is 164 Å². The quantitative estimate of drug-likeness (QED) is 0.361. The number of nitrogens with one attached hydrogen (secondary N) is 3. The van der Waals surface area contributed by atoms with E-state index in [-0.39, 0.29) is 33.9 Å². The Morgan fingerprint density at radius 3 is 2.71 bits per heavy atom. The number of rotatable bonds is 5. The number of nitrogens with two attached hydrogens (primary N) is 2. The van der Waals surface area contributed by atoms with Crippen molar-refractivity contribution >= 4 is 51.8 Å². The molecule has 1 aliphatic carbocycles. The lowest BCUT2D eigenvalue weighted by molar-refractivity contribution is -0.124. The second-order valence-corrected chi connectivity index (χ2v) is 9.62. The van der Waals surface area contributed by atoms with Gasteiger partial charge in [0.05, 0.1) is 5.54 Å². The molecule has 3 aromatic rings. The Labute approximate surface area is 206 Å². The fourth-order valence-electron chi connectivity index (χ4n) is 5.01. The third-order valence-electron chi connectivity index (χ3n) is 7.01. The third kappa shape index (κ3) is 4.66. The third-order valence-corrected chi connectivity index (χ3v) is 7.29. The molecular formula is C24H27ClN8O2. The number of H-pyrrole nitrogens is 1. The first-order chi connectivity index (χ1) is 16.8. The number of nitrogen functional groups attached to an aromatic ring is 2. The van der Waals surface area contributed by atoms with Crippen molar-refractivity contribution < 1.29 is 9.59 Å². The molecule has 0 unspecified atom stereocenters. The minimum absolute atomic E-state index is 0.0443. The SMILES string of the molecule is Nc1nc(N)c(C(=O)/N=C2\NCC3(CCC(C(=O)CCc4c[nH]c5ccccc45)CC3)N2)nc1Cl. The van der Waals surface area contributed by atoms with Gasteiger partial charge in [0.1, 0.15) is 5.78 Å². The highest BCUT2D eigenvalue weighted by Gasteiger charge is 2.41. The summed E-state index contributed by atoms with van der Waals surface area (Å²) in [6, 6.07) is 8.15. The van der Waals surface area contributed by atoms with E-state index in [9.17, 15) is 9.59 Å². The maximum atomic E-state index is 12.9. The van der Waals surface area contributed by atoms with E-state index in [1.54, 1.807) is 0 Å². The number of guanidine groups is 1. The molecule has 1 aliphatic heterocycles. The predicted octanol–water partition coefficient (Wildman–Crippen LogP) is 2.60. The van der Waals surface area contributed by atoms with Crippen molar-refractivity contribution in [1.82, 2.24) is 25.6 Å². The Morgan fingerprint density at radius 2 is 1.91 bits per heavy atom. The lowest BCUT2D eigenvalue weighted by Gasteiger charge is -2.36. The van der Waals surface area contributed by atoms with E-state index in [2.05, 4.69) is 36.6 Å². The van der Waals surface area contributed by atoms with E-state index < -0.39 is 5.91 Å². The number of aromatic nitrogens is 3.